The summed E-state index contributed by atoms with van der Waals surface area (Å²) in [5, 5.41) is 13.1. The topological polar surface area (TPSA) is 35.5 Å². The molecule has 0 bridgehead atoms. The summed E-state index contributed by atoms with van der Waals surface area (Å²) < 4.78 is 0. The molecule has 3 heteroatoms. The second-order valence-corrected chi connectivity index (χ2v) is 7.41. The van der Waals surface area contributed by atoms with Crippen molar-refractivity contribution in [2.45, 2.75) is 69.9 Å². The molecular formula is C17H32N2O. The quantitative estimate of drug-likeness (QED) is 0.784. The van der Waals surface area contributed by atoms with Crippen molar-refractivity contribution in [1.82, 2.24) is 10.2 Å². The van der Waals surface area contributed by atoms with Crippen LogP contribution in [0.1, 0.15) is 57.8 Å². The van der Waals surface area contributed by atoms with Crippen molar-refractivity contribution in [2.75, 3.05) is 26.2 Å². The van der Waals surface area contributed by atoms with E-state index in [1.807, 2.05) is 0 Å². The molecule has 0 amide bonds. The lowest BCUT2D eigenvalue weighted by molar-refractivity contribution is 0.0831. The molecule has 1 aliphatic heterocycles. The highest BCUT2D eigenvalue weighted by atomic mass is 16.3. The van der Waals surface area contributed by atoms with Gasteiger partial charge in [-0.25, -0.2) is 0 Å². The van der Waals surface area contributed by atoms with Crippen LogP contribution in [0.25, 0.3) is 0 Å². The number of piperidine rings is 1. The summed E-state index contributed by atoms with van der Waals surface area (Å²) in [6, 6.07) is 1.51. The van der Waals surface area contributed by atoms with E-state index < -0.39 is 0 Å². The number of rotatable bonds is 6. The zero-order chi connectivity index (χ0) is 13.8. The number of nitrogens with one attached hydrogen (secondary N) is 1. The Kier molecular flexibility index (Phi) is 5.36. The minimum atomic E-state index is 0.360. The summed E-state index contributed by atoms with van der Waals surface area (Å²) in [5.41, 5.74) is 0. The lowest BCUT2D eigenvalue weighted by Gasteiger charge is -2.42. The molecule has 0 aromatic heterocycles. The van der Waals surface area contributed by atoms with Gasteiger partial charge in [0.15, 0.2) is 0 Å². The van der Waals surface area contributed by atoms with E-state index in [9.17, 15) is 5.11 Å². The van der Waals surface area contributed by atoms with Gasteiger partial charge in [-0.3, -0.25) is 4.90 Å². The SMILES string of the molecule is OCCC1CC(NCC2CCC2)CN(C2CCCC2)C1. The first-order chi connectivity index (χ1) is 9.85. The standard InChI is InChI=1S/C17H32N2O/c20-9-8-15-10-16(18-11-14-4-3-5-14)13-19(12-15)17-6-1-2-7-17/h14-18,20H,1-13H2. The minimum Gasteiger partial charge on any atom is -0.396 e. The Morgan fingerprint density at radius 3 is 2.40 bits per heavy atom. The zero-order valence-electron chi connectivity index (χ0n) is 12.9. The van der Waals surface area contributed by atoms with Gasteiger partial charge in [0.25, 0.3) is 0 Å². The van der Waals surface area contributed by atoms with Gasteiger partial charge in [0.1, 0.15) is 0 Å². The van der Waals surface area contributed by atoms with Crippen LogP contribution >= 0.6 is 0 Å². The summed E-state index contributed by atoms with van der Waals surface area (Å²) in [6.45, 7) is 4.07. The number of hydrogen-bond acceptors (Lipinski definition) is 3. The van der Waals surface area contributed by atoms with Gasteiger partial charge < -0.3 is 10.4 Å². The van der Waals surface area contributed by atoms with Gasteiger partial charge in [0.2, 0.25) is 0 Å². The summed E-state index contributed by atoms with van der Waals surface area (Å²) in [4.78, 5) is 2.75. The van der Waals surface area contributed by atoms with Crippen molar-refractivity contribution >= 4 is 0 Å². The second-order valence-electron chi connectivity index (χ2n) is 7.41. The smallest absolute Gasteiger partial charge is 0.0434 e. The third-order valence-corrected chi connectivity index (χ3v) is 5.86. The lowest BCUT2D eigenvalue weighted by Crippen LogP contribution is -2.53. The molecule has 3 rings (SSSR count). The van der Waals surface area contributed by atoms with Gasteiger partial charge in [0, 0.05) is 31.8 Å². The summed E-state index contributed by atoms with van der Waals surface area (Å²) >= 11 is 0. The van der Waals surface area contributed by atoms with Crippen molar-refractivity contribution in [2.24, 2.45) is 11.8 Å². The Morgan fingerprint density at radius 1 is 0.950 bits per heavy atom. The minimum absolute atomic E-state index is 0.360. The first kappa shape index (κ1) is 14.8. The Hall–Kier alpha value is -0.120. The maximum atomic E-state index is 9.28. The van der Waals surface area contributed by atoms with Crippen LogP contribution in [0.5, 0.6) is 0 Å². The van der Waals surface area contributed by atoms with Crippen molar-refractivity contribution in [3.63, 3.8) is 0 Å². The van der Waals surface area contributed by atoms with E-state index in [1.165, 1.54) is 71.0 Å². The number of aliphatic hydroxyl groups is 1. The Morgan fingerprint density at radius 2 is 1.75 bits per heavy atom. The van der Waals surface area contributed by atoms with Crippen LogP contribution < -0.4 is 5.32 Å². The van der Waals surface area contributed by atoms with Gasteiger partial charge in [0.05, 0.1) is 0 Å². The number of likely N-dealkylation sites (tertiary alicyclic amines) is 1. The first-order valence-electron chi connectivity index (χ1n) is 8.93. The molecule has 2 atom stereocenters. The normalized spacial score (nSPS) is 33.5. The highest BCUT2D eigenvalue weighted by molar-refractivity contribution is 4.89. The molecule has 3 aliphatic rings. The van der Waals surface area contributed by atoms with Gasteiger partial charge in [-0.2, -0.15) is 0 Å². The molecule has 3 nitrogen and oxygen atoms in total. The van der Waals surface area contributed by atoms with Crippen LogP contribution in [0.15, 0.2) is 0 Å². The van der Waals surface area contributed by atoms with Gasteiger partial charge in [-0.1, -0.05) is 19.3 Å². The van der Waals surface area contributed by atoms with E-state index in [2.05, 4.69) is 10.2 Å². The third-order valence-electron chi connectivity index (χ3n) is 5.86. The summed E-state index contributed by atoms with van der Waals surface area (Å²) in [5.74, 6) is 1.65. The van der Waals surface area contributed by atoms with Crippen molar-refractivity contribution in [3.8, 4) is 0 Å². The molecule has 1 saturated heterocycles. The molecule has 0 spiro atoms. The molecule has 2 saturated carbocycles. The average molecular weight is 280 g/mol. The predicted octanol–water partition coefficient (Wildman–Crippen LogP) is 2.39. The van der Waals surface area contributed by atoms with E-state index in [-0.39, 0.29) is 0 Å². The molecule has 2 aliphatic carbocycles. The zero-order valence-corrected chi connectivity index (χ0v) is 12.9. The Balaban J connectivity index is 1.51. The summed E-state index contributed by atoms with van der Waals surface area (Å²) in [7, 11) is 0. The maximum Gasteiger partial charge on any atom is 0.0434 e. The van der Waals surface area contributed by atoms with Crippen LogP contribution in [-0.4, -0.2) is 48.3 Å². The van der Waals surface area contributed by atoms with Crippen LogP contribution in [0.3, 0.4) is 0 Å². The third kappa shape index (κ3) is 3.75. The highest BCUT2D eigenvalue weighted by Crippen LogP contribution is 2.30. The van der Waals surface area contributed by atoms with Gasteiger partial charge in [-0.15, -0.1) is 0 Å². The molecule has 2 N–H and O–H groups in total. The fourth-order valence-corrected chi connectivity index (χ4v) is 4.38. The molecule has 0 radical (unpaired) electrons. The number of aliphatic hydroxyl groups excluding tert-OH is 1. The molecule has 0 aromatic rings. The van der Waals surface area contributed by atoms with E-state index in [0.717, 1.165) is 18.4 Å². The molecule has 116 valence electrons. The van der Waals surface area contributed by atoms with E-state index in [4.69, 9.17) is 0 Å². The van der Waals surface area contributed by atoms with Crippen LogP contribution in [0.2, 0.25) is 0 Å². The van der Waals surface area contributed by atoms with Gasteiger partial charge >= 0.3 is 0 Å². The fourth-order valence-electron chi connectivity index (χ4n) is 4.38. The highest BCUT2D eigenvalue weighted by Gasteiger charge is 2.32. The van der Waals surface area contributed by atoms with E-state index in [1.54, 1.807) is 0 Å². The van der Waals surface area contributed by atoms with Gasteiger partial charge in [-0.05, 0) is 56.9 Å². The predicted molar refractivity (Wildman–Crippen MR) is 82.8 cm³/mol. The Labute approximate surface area is 124 Å². The number of hydrogen-bond donors (Lipinski definition) is 2. The second kappa shape index (κ2) is 7.24. The largest absolute Gasteiger partial charge is 0.396 e. The molecular weight excluding hydrogens is 248 g/mol. The first-order valence-corrected chi connectivity index (χ1v) is 8.93. The van der Waals surface area contributed by atoms with Crippen molar-refractivity contribution in [1.29, 1.82) is 0 Å². The average Bonchev–Trinajstić information content (AvgIpc) is 2.91. The van der Waals surface area contributed by atoms with Crippen molar-refractivity contribution < 1.29 is 5.11 Å². The van der Waals surface area contributed by atoms with Crippen LogP contribution in [-0.2, 0) is 0 Å². The lowest BCUT2D eigenvalue weighted by atomic mass is 9.84. The van der Waals surface area contributed by atoms with E-state index in [0.29, 0.717) is 18.6 Å². The van der Waals surface area contributed by atoms with Crippen molar-refractivity contribution in [3.05, 3.63) is 0 Å². The fraction of sp³-hybridized carbons (Fsp3) is 1.00. The Bertz CT molecular complexity index is 287. The van der Waals surface area contributed by atoms with Crippen LogP contribution in [0, 0.1) is 11.8 Å². The maximum absolute atomic E-state index is 9.28. The van der Waals surface area contributed by atoms with E-state index >= 15 is 0 Å². The molecule has 20 heavy (non-hydrogen) atoms. The molecule has 2 unspecified atom stereocenters. The molecule has 1 heterocycles. The monoisotopic (exact) mass is 280 g/mol. The molecule has 0 aromatic carbocycles. The number of nitrogens with zero attached hydrogens (tertiary/aromatic N) is 1. The van der Waals surface area contributed by atoms with Crippen LogP contribution in [0.4, 0.5) is 0 Å². The molecule has 3 fully saturated rings. The summed E-state index contributed by atoms with van der Waals surface area (Å²) in [6.07, 6.45) is 12.2.